The number of rotatable bonds is 7. The summed E-state index contributed by atoms with van der Waals surface area (Å²) in [7, 11) is 1.70. The summed E-state index contributed by atoms with van der Waals surface area (Å²) in [5.74, 6) is 0.764. The van der Waals surface area contributed by atoms with E-state index in [4.69, 9.17) is 17.0 Å². The SMILES string of the molecule is COCCNC(=S)NCC1(CC(C)C)CCCC1. The van der Waals surface area contributed by atoms with Crippen LogP contribution in [0.3, 0.4) is 0 Å². The molecule has 1 aliphatic rings. The lowest BCUT2D eigenvalue weighted by atomic mass is 9.78. The fourth-order valence-electron chi connectivity index (χ4n) is 3.04. The molecule has 0 aromatic carbocycles. The van der Waals surface area contributed by atoms with Crippen molar-refractivity contribution in [2.45, 2.75) is 46.0 Å². The number of methoxy groups -OCH3 is 1. The fourth-order valence-corrected chi connectivity index (χ4v) is 3.22. The summed E-state index contributed by atoms with van der Waals surface area (Å²) in [6.45, 7) is 7.12. The van der Waals surface area contributed by atoms with Crippen LogP contribution in [0.15, 0.2) is 0 Å². The van der Waals surface area contributed by atoms with Gasteiger partial charge < -0.3 is 15.4 Å². The highest BCUT2D eigenvalue weighted by molar-refractivity contribution is 7.80. The molecule has 0 atom stereocenters. The Bertz CT molecular complexity index is 250. The van der Waals surface area contributed by atoms with Crippen molar-refractivity contribution >= 4 is 17.3 Å². The van der Waals surface area contributed by atoms with Crippen molar-refractivity contribution in [1.29, 1.82) is 0 Å². The molecule has 1 fully saturated rings. The smallest absolute Gasteiger partial charge is 0.166 e. The largest absolute Gasteiger partial charge is 0.383 e. The predicted molar refractivity (Wildman–Crippen MR) is 80.8 cm³/mol. The van der Waals surface area contributed by atoms with Gasteiger partial charge in [0.15, 0.2) is 5.11 Å². The summed E-state index contributed by atoms with van der Waals surface area (Å²) in [6.07, 6.45) is 6.74. The molecule has 18 heavy (non-hydrogen) atoms. The van der Waals surface area contributed by atoms with E-state index in [-0.39, 0.29) is 0 Å². The molecule has 106 valence electrons. The van der Waals surface area contributed by atoms with Crippen molar-refractivity contribution in [2.75, 3.05) is 26.8 Å². The van der Waals surface area contributed by atoms with Crippen LogP contribution in [0.4, 0.5) is 0 Å². The third-order valence-corrected chi connectivity index (χ3v) is 4.01. The van der Waals surface area contributed by atoms with Crippen LogP contribution in [-0.2, 0) is 4.74 Å². The number of ether oxygens (including phenoxy) is 1. The predicted octanol–water partition coefficient (Wildman–Crippen LogP) is 2.70. The van der Waals surface area contributed by atoms with Crippen LogP contribution in [0.5, 0.6) is 0 Å². The molecular weight excluding hydrogens is 244 g/mol. The summed E-state index contributed by atoms with van der Waals surface area (Å²) in [4.78, 5) is 0. The van der Waals surface area contributed by atoms with E-state index in [0.717, 1.165) is 24.1 Å². The van der Waals surface area contributed by atoms with Crippen molar-refractivity contribution in [1.82, 2.24) is 10.6 Å². The highest BCUT2D eigenvalue weighted by atomic mass is 32.1. The number of thiocarbonyl (C=S) groups is 1. The summed E-state index contributed by atoms with van der Waals surface area (Å²) < 4.78 is 4.99. The molecule has 0 aromatic heterocycles. The molecule has 1 aliphatic carbocycles. The van der Waals surface area contributed by atoms with Gasteiger partial charge in [-0.05, 0) is 42.8 Å². The molecule has 2 N–H and O–H groups in total. The minimum Gasteiger partial charge on any atom is -0.383 e. The first kappa shape index (κ1) is 15.7. The first-order valence-corrected chi connectivity index (χ1v) is 7.49. The topological polar surface area (TPSA) is 33.3 Å². The second-order valence-corrected chi connectivity index (χ2v) is 6.32. The Hall–Kier alpha value is -0.350. The molecule has 0 bridgehead atoms. The zero-order chi connectivity index (χ0) is 13.4. The maximum Gasteiger partial charge on any atom is 0.166 e. The van der Waals surface area contributed by atoms with E-state index in [0.29, 0.717) is 12.0 Å². The van der Waals surface area contributed by atoms with Crippen LogP contribution in [-0.4, -0.2) is 31.9 Å². The Morgan fingerprint density at radius 2 is 1.94 bits per heavy atom. The van der Waals surface area contributed by atoms with E-state index in [1.807, 2.05) is 0 Å². The Kier molecular flexibility index (Phi) is 6.94. The Labute approximate surface area is 117 Å². The highest BCUT2D eigenvalue weighted by Gasteiger charge is 2.34. The summed E-state index contributed by atoms with van der Waals surface area (Å²) in [5, 5.41) is 7.33. The van der Waals surface area contributed by atoms with Gasteiger partial charge in [-0.3, -0.25) is 0 Å². The number of hydrogen-bond acceptors (Lipinski definition) is 2. The summed E-state index contributed by atoms with van der Waals surface area (Å²) >= 11 is 5.29. The Balaban J connectivity index is 2.31. The van der Waals surface area contributed by atoms with Crippen molar-refractivity contribution in [3.63, 3.8) is 0 Å². The molecular formula is C14H28N2OS. The zero-order valence-electron chi connectivity index (χ0n) is 12.1. The van der Waals surface area contributed by atoms with E-state index in [1.54, 1.807) is 7.11 Å². The Morgan fingerprint density at radius 1 is 1.28 bits per heavy atom. The van der Waals surface area contributed by atoms with Crippen LogP contribution >= 0.6 is 12.2 Å². The van der Waals surface area contributed by atoms with Crippen LogP contribution in [0.1, 0.15) is 46.0 Å². The van der Waals surface area contributed by atoms with Crippen LogP contribution < -0.4 is 10.6 Å². The monoisotopic (exact) mass is 272 g/mol. The van der Waals surface area contributed by atoms with E-state index in [2.05, 4.69) is 24.5 Å². The van der Waals surface area contributed by atoms with Crippen molar-refractivity contribution < 1.29 is 4.74 Å². The molecule has 0 amide bonds. The van der Waals surface area contributed by atoms with E-state index in [9.17, 15) is 0 Å². The van der Waals surface area contributed by atoms with Gasteiger partial charge in [0.2, 0.25) is 0 Å². The third kappa shape index (κ3) is 5.53. The minimum atomic E-state index is 0.473. The summed E-state index contributed by atoms with van der Waals surface area (Å²) in [6, 6.07) is 0. The van der Waals surface area contributed by atoms with Crippen molar-refractivity contribution in [2.24, 2.45) is 11.3 Å². The maximum absolute atomic E-state index is 5.29. The first-order valence-electron chi connectivity index (χ1n) is 7.09. The van der Waals surface area contributed by atoms with Gasteiger partial charge in [0.05, 0.1) is 6.61 Å². The molecule has 0 unspecified atom stereocenters. The molecule has 0 radical (unpaired) electrons. The molecule has 1 rings (SSSR count). The third-order valence-electron chi connectivity index (χ3n) is 3.72. The van der Waals surface area contributed by atoms with Crippen LogP contribution in [0.2, 0.25) is 0 Å². The van der Waals surface area contributed by atoms with Gasteiger partial charge in [-0.15, -0.1) is 0 Å². The van der Waals surface area contributed by atoms with Gasteiger partial charge in [0.1, 0.15) is 0 Å². The van der Waals surface area contributed by atoms with E-state index in [1.165, 1.54) is 32.1 Å². The molecule has 0 spiro atoms. The lowest BCUT2D eigenvalue weighted by molar-refractivity contribution is 0.203. The normalized spacial score (nSPS) is 18.0. The van der Waals surface area contributed by atoms with Gasteiger partial charge in [-0.2, -0.15) is 0 Å². The lowest BCUT2D eigenvalue weighted by Crippen LogP contribution is -2.43. The second kappa shape index (κ2) is 7.95. The average Bonchev–Trinajstić information content (AvgIpc) is 2.75. The van der Waals surface area contributed by atoms with Gasteiger partial charge >= 0.3 is 0 Å². The average molecular weight is 272 g/mol. The quantitative estimate of drug-likeness (QED) is 0.551. The molecule has 4 heteroatoms. The molecule has 3 nitrogen and oxygen atoms in total. The summed E-state index contributed by atoms with van der Waals surface area (Å²) in [5.41, 5.74) is 0.473. The second-order valence-electron chi connectivity index (χ2n) is 5.91. The molecule has 1 saturated carbocycles. The van der Waals surface area contributed by atoms with Gasteiger partial charge in [0.25, 0.3) is 0 Å². The van der Waals surface area contributed by atoms with Gasteiger partial charge in [0, 0.05) is 20.2 Å². The van der Waals surface area contributed by atoms with E-state index >= 15 is 0 Å². The van der Waals surface area contributed by atoms with Crippen LogP contribution in [0.25, 0.3) is 0 Å². The molecule has 0 heterocycles. The highest BCUT2D eigenvalue weighted by Crippen LogP contribution is 2.42. The van der Waals surface area contributed by atoms with Crippen molar-refractivity contribution in [3.05, 3.63) is 0 Å². The van der Waals surface area contributed by atoms with Gasteiger partial charge in [-0.1, -0.05) is 26.7 Å². The van der Waals surface area contributed by atoms with Gasteiger partial charge in [-0.25, -0.2) is 0 Å². The van der Waals surface area contributed by atoms with Crippen molar-refractivity contribution in [3.8, 4) is 0 Å². The first-order chi connectivity index (χ1) is 8.58. The molecule has 0 saturated heterocycles. The zero-order valence-corrected chi connectivity index (χ0v) is 12.9. The molecule has 0 aliphatic heterocycles. The number of nitrogens with one attached hydrogen (secondary N) is 2. The van der Waals surface area contributed by atoms with Crippen LogP contribution in [0, 0.1) is 11.3 Å². The minimum absolute atomic E-state index is 0.473. The maximum atomic E-state index is 5.29. The lowest BCUT2D eigenvalue weighted by Gasteiger charge is -2.31. The molecule has 0 aromatic rings. The standard InChI is InChI=1S/C14H28N2OS/c1-12(2)10-14(6-4-5-7-14)11-16-13(18)15-8-9-17-3/h12H,4-11H2,1-3H3,(H2,15,16,18). The van der Waals surface area contributed by atoms with E-state index < -0.39 is 0 Å². The number of hydrogen-bond donors (Lipinski definition) is 2. The fraction of sp³-hybridized carbons (Fsp3) is 0.929. The Morgan fingerprint density at radius 3 is 2.50 bits per heavy atom.